The molecule has 0 atom stereocenters. The van der Waals surface area contributed by atoms with E-state index < -0.39 is 22.0 Å². The van der Waals surface area contributed by atoms with Crippen molar-refractivity contribution >= 4 is 21.9 Å². The minimum Gasteiger partial charge on any atom is -0.481 e. The molecule has 0 radical (unpaired) electrons. The minimum atomic E-state index is -3.97. The smallest absolute Gasteiger partial charge is 0.304 e. The lowest BCUT2D eigenvalue weighted by molar-refractivity contribution is -0.137. The zero-order valence-corrected chi connectivity index (χ0v) is 11.4. The van der Waals surface area contributed by atoms with Gasteiger partial charge in [-0.2, -0.15) is 12.7 Å². The third-order valence-corrected chi connectivity index (χ3v) is 3.97. The molecule has 0 aromatic heterocycles. The maximum atomic E-state index is 13.5. The summed E-state index contributed by atoms with van der Waals surface area (Å²) >= 11 is 0. The number of carboxylic acid groups (broad SMARTS) is 1. The zero-order valence-electron chi connectivity index (χ0n) is 10.6. The molecule has 0 amide bonds. The molecule has 6 nitrogen and oxygen atoms in total. The van der Waals surface area contributed by atoms with Crippen molar-refractivity contribution in [2.45, 2.75) is 13.3 Å². The highest BCUT2D eigenvalue weighted by Crippen LogP contribution is 2.20. The van der Waals surface area contributed by atoms with Crippen molar-refractivity contribution in [1.29, 1.82) is 0 Å². The van der Waals surface area contributed by atoms with Gasteiger partial charge in [-0.15, -0.1) is 0 Å². The molecule has 0 bridgehead atoms. The number of para-hydroxylation sites is 1. The van der Waals surface area contributed by atoms with Gasteiger partial charge in [-0.05, 0) is 18.6 Å². The molecule has 0 aliphatic heterocycles. The first-order chi connectivity index (χ1) is 8.74. The molecular weight excluding hydrogens is 275 g/mol. The van der Waals surface area contributed by atoms with Crippen LogP contribution < -0.4 is 4.72 Å². The van der Waals surface area contributed by atoms with Gasteiger partial charge in [0.05, 0.1) is 12.1 Å². The number of carbonyl (C=O) groups is 1. The van der Waals surface area contributed by atoms with Crippen molar-refractivity contribution in [3.05, 3.63) is 29.6 Å². The Bertz CT molecular complexity index is 554. The third-order valence-electron chi connectivity index (χ3n) is 2.50. The van der Waals surface area contributed by atoms with E-state index in [1.54, 1.807) is 13.0 Å². The summed E-state index contributed by atoms with van der Waals surface area (Å²) in [7, 11) is -2.75. The number of hydrogen-bond acceptors (Lipinski definition) is 3. The normalized spacial score (nSPS) is 11.6. The lowest BCUT2D eigenvalue weighted by Gasteiger charge is -2.18. The van der Waals surface area contributed by atoms with Gasteiger partial charge in [-0.25, -0.2) is 4.39 Å². The van der Waals surface area contributed by atoms with Gasteiger partial charge in [0.25, 0.3) is 0 Å². The number of rotatable bonds is 6. The number of anilines is 1. The molecule has 0 fully saturated rings. The monoisotopic (exact) mass is 290 g/mol. The van der Waals surface area contributed by atoms with Gasteiger partial charge in [0.15, 0.2) is 0 Å². The largest absolute Gasteiger partial charge is 0.481 e. The van der Waals surface area contributed by atoms with Crippen molar-refractivity contribution in [3.63, 3.8) is 0 Å². The molecule has 1 rings (SSSR count). The second-order valence-electron chi connectivity index (χ2n) is 4.00. The molecule has 106 valence electrons. The van der Waals surface area contributed by atoms with E-state index in [1.165, 1.54) is 13.1 Å². The maximum Gasteiger partial charge on any atom is 0.304 e. The second-order valence-corrected chi connectivity index (χ2v) is 5.78. The Morgan fingerprint density at radius 1 is 1.47 bits per heavy atom. The van der Waals surface area contributed by atoms with E-state index in [0.717, 1.165) is 10.4 Å². The molecule has 0 aliphatic carbocycles. The van der Waals surface area contributed by atoms with Crippen LogP contribution in [0, 0.1) is 12.7 Å². The molecule has 0 unspecified atom stereocenters. The van der Waals surface area contributed by atoms with E-state index >= 15 is 0 Å². The quantitative estimate of drug-likeness (QED) is 0.824. The van der Waals surface area contributed by atoms with Crippen LogP contribution in [-0.4, -0.2) is 37.4 Å². The SMILES string of the molecule is Cc1cccc(F)c1NS(=O)(=O)N(C)CCC(=O)O. The van der Waals surface area contributed by atoms with Crippen LogP contribution in [0.4, 0.5) is 10.1 Å². The molecule has 19 heavy (non-hydrogen) atoms. The lowest BCUT2D eigenvalue weighted by Crippen LogP contribution is -2.34. The number of hydrogen-bond donors (Lipinski definition) is 2. The predicted molar refractivity (Wildman–Crippen MR) is 68.6 cm³/mol. The van der Waals surface area contributed by atoms with E-state index in [1.807, 2.05) is 0 Å². The summed E-state index contributed by atoms with van der Waals surface area (Å²) in [5, 5.41) is 8.50. The first kappa shape index (κ1) is 15.4. The molecule has 1 aromatic carbocycles. The predicted octanol–water partition coefficient (Wildman–Crippen LogP) is 1.20. The number of nitrogens with zero attached hydrogens (tertiary/aromatic N) is 1. The van der Waals surface area contributed by atoms with Crippen LogP contribution in [0.15, 0.2) is 18.2 Å². The van der Waals surface area contributed by atoms with Crippen molar-refractivity contribution < 1.29 is 22.7 Å². The highest BCUT2D eigenvalue weighted by atomic mass is 32.2. The third kappa shape index (κ3) is 4.18. The fourth-order valence-corrected chi connectivity index (χ4v) is 2.35. The van der Waals surface area contributed by atoms with E-state index in [0.29, 0.717) is 5.56 Å². The van der Waals surface area contributed by atoms with Crippen molar-refractivity contribution in [1.82, 2.24) is 4.31 Å². The molecule has 0 spiro atoms. The number of aliphatic carboxylic acids is 1. The van der Waals surface area contributed by atoms with Gasteiger partial charge in [0, 0.05) is 13.6 Å². The van der Waals surface area contributed by atoms with Crippen LogP contribution in [0.3, 0.4) is 0 Å². The van der Waals surface area contributed by atoms with Gasteiger partial charge in [-0.3, -0.25) is 9.52 Å². The van der Waals surface area contributed by atoms with Gasteiger partial charge in [-0.1, -0.05) is 12.1 Å². The molecular formula is C11H15FN2O4S. The number of halogens is 1. The van der Waals surface area contributed by atoms with Crippen LogP contribution in [-0.2, 0) is 15.0 Å². The van der Waals surface area contributed by atoms with Crippen LogP contribution in [0.2, 0.25) is 0 Å². The molecule has 0 saturated heterocycles. The van der Waals surface area contributed by atoms with Crippen molar-refractivity contribution in [2.75, 3.05) is 18.3 Å². The molecule has 2 N–H and O–H groups in total. The van der Waals surface area contributed by atoms with E-state index in [9.17, 15) is 17.6 Å². The Hall–Kier alpha value is -1.67. The number of benzene rings is 1. The fourth-order valence-electron chi connectivity index (χ4n) is 1.34. The van der Waals surface area contributed by atoms with Crippen molar-refractivity contribution in [2.24, 2.45) is 0 Å². The Morgan fingerprint density at radius 2 is 2.11 bits per heavy atom. The summed E-state index contributed by atoms with van der Waals surface area (Å²) in [4.78, 5) is 10.4. The van der Waals surface area contributed by atoms with Crippen LogP contribution in [0.5, 0.6) is 0 Å². The molecule has 1 aromatic rings. The van der Waals surface area contributed by atoms with E-state index in [-0.39, 0.29) is 18.7 Å². The number of nitrogens with one attached hydrogen (secondary N) is 1. The van der Waals surface area contributed by atoms with Crippen LogP contribution in [0.25, 0.3) is 0 Å². The lowest BCUT2D eigenvalue weighted by atomic mass is 10.2. The first-order valence-electron chi connectivity index (χ1n) is 5.45. The van der Waals surface area contributed by atoms with E-state index in [2.05, 4.69) is 4.72 Å². The molecule has 0 aliphatic rings. The average Bonchev–Trinajstić information content (AvgIpc) is 2.31. The molecule has 0 saturated carbocycles. The molecule has 0 heterocycles. The van der Waals surface area contributed by atoms with Gasteiger partial charge < -0.3 is 5.11 Å². The summed E-state index contributed by atoms with van der Waals surface area (Å²) in [5.74, 6) is -1.79. The van der Waals surface area contributed by atoms with Gasteiger partial charge in [0.1, 0.15) is 5.82 Å². The number of carboxylic acids is 1. The number of aryl methyl sites for hydroxylation is 1. The minimum absolute atomic E-state index is 0.135. The highest BCUT2D eigenvalue weighted by Gasteiger charge is 2.20. The van der Waals surface area contributed by atoms with Crippen LogP contribution >= 0.6 is 0 Å². The summed E-state index contributed by atoms with van der Waals surface area (Å²) < 4.78 is 40.2. The Morgan fingerprint density at radius 3 is 2.63 bits per heavy atom. The first-order valence-corrected chi connectivity index (χ1v) is 6.89. The van der Waals surface area contributed by atoms with Crippen molar-refractivity contribution in [3.8, 4) is 0 Å². The van der Waals surface area contributed by atoms with Gasteiger partial charge >= 0.3 is 16.2 Å². The Labute approximate surface area is 111 Å². The standard InChI is InChI=1S/C11H15FN2O4S/c1-8-4-3-5-9(12)11(8)13-19(17,18)14(2)7-6-10(15)16/h3-5,13H,6-7H2,1-2H3,(H,15,16). The maximum absolute atomic E-state index is 13.5. The topological polar surface area (TPSA) is 86.7 Å². The zero-order chi connectivity index (χ0) is 14.6. The highest BCUT2D eigenvalue weighted by molar-refractivity contribution is 7.90. The Kier molecular flexibility index (Phi) is 4.84. The summed E-state index contributed by atoms with van der Waals surface area (Å²) in [5.41, 5.74) is 0.305. The summed E-state index contributed by atoms with van der Waals surface area (Å²) in [6, 6.07) is 4.18. The Balaban J connectivity index is 2.88. The summed E-state index contributed by atoms with van der Waals surface area (Å²) in [6.45, 7) is 1.37. The van der Waals surface area contributed by atoms with Crippen LogP contribution in [0.1, 0.15) is 12.0 Å². The average molecular weight is 290 g/mol. The second kappa shape index (κ2) is 5.98. The molecule has 8 heteroatoms. The fraction of sp³-hybridized carbons (Fsp3) is 0.364. The van der Waals surface area contributed by atoms with E-state index in [4.69, 9.17) is 5.11 Å². The summed E-state index contributed by atoms with van der Waals surface area (Å²) in [6.07, 6.45) is -0.326. The van der Waals surface area contributed by atoms with Gasteiger partial charge in [0.2, 0.25) is 0 Å².